The predicted molar refractivity (Wildman–Crippen MR) is 53.0 cm³/mol. The van der Waals surface area contributed by atoms with Crippen LogP contribution in [0.1, 0.15) is 24.8 Å². The van der Waals surface area contributed by atoms with E-state index in [9.17, 15) is 0 Å². The fraction of sp³-hybridized carbons (Fsp3) is 0.400. The van der Waals surface area contributed by atoms with Crippen LogP contribution in [-0.2, 0) is 0 Å². The third-order valence-electron chi connectivity index (χ3n) is 2.48. The first kappa shape index (κ1) is 8.40. The van der Waals surface area contributed by atoms with Crippen LogP contribution in [-0.4, -0.2) is 0 Å². The van der Waals surface area contributed by atoms with Gasteiger partial charge >= 0.3 is 0 Å². The summed E-state index contributed by atoms with van der Waals surface area (Å²) in [5.74, 6) is 1.54. The maximum Gasteiger partial charge on any atom is 0.0595 e. The molecule has 2 heteroatoms. The summed E-state index contributed by atoms with van der Waals surface area (Å²) in [5, 5.41) is 1.32. The minimum atomic E-state index is 0.647. The summed E-state index contributed by atoms with van der Waals surface area (Å²) in [5.41, 5.74) is 1.33. The Labute approximate surface area is 82.5 Å². The Balaban J connectivity index is 2.29. The molecule has 1 aromatic rings. The summed E-state index contributed by atoms with van der Waals surface area (Å²) < 4.78 is 0. The lowest BCUT2D eigenvalue weighted by molar-refractivity contribution is 0.915. The van der Waals surface area contributed by atoms with Crippen molar-refractivity contribution in [3.63, 3.8) is 0 Å². The number of hydrogen-bond donors (Lipinski definition) is 0. The molecule has 1 saturated carbocycles. The molecule has 1 fully saturated rings. The summed E-state index contributed by atoms with van der Waals surface area (Å²) in [6.45, 7) is 2.26. The van der Waals surface area contributed by atoms with Crippen LogP contribution in [0, 0.1) is 5.92 Å². The highest BCUT2D eigenvalue weighted by atomic mass is 35.5. The first-order chi connectivity index (χ1) is 5.68. The van der Waals surface area contributed by atoms with E-state index in [1.165, 1.54) is 12.0 Å². The monoisotopic (exact) mass is 200 g/mol. The van der Waals surface area contributed by atoms with E-state index in [1.54, 1.807) is 0 Å². The van der Waals surface area contributed by atoms with Crippen LogP contribution in [0.2, 0.25) is 10.0 Å². The molecule has 0 bridgehead atoms. The fourth-order valence-corrected chi connectivity index (χ4v) is 1.84. The molecule has 1 aliphatic carbocycles. The van der Waals surface area contributed by atoms with E-state index in [2.05, 4.69) is 13.0 Å². The average molecular weight is 201 g/mol. The Morgan fingerprint density at radius 2 is 1.92 bits per heavy atom. The Morgan fingerprint density at radius 3 is 2.42 bits per heavy atom. The van der Waals surface area contributed by atoms with Gasteiger partial charge in [0.05, 0.1) is 10.0 Å². The third-order valence-corrected chi connectivity index (χ3v) is 3.22. The summed E-state index contributed by atoms with van der Waals surface area (Å²) in [6.07, 6.45) is 1.29. The van der Waals surface area contributed by atoms with Crippen LogP contribution in [0.5, 0.6) is 0 Å². The Kier molecular flexibility index (Phi) is 2.05. The number of rotatable bonds is 1. The van der Waals surface area contributed by atoms with Gasteiger partial charge in [-0.3, -0.25) is 0 Å². The predicted octanol–water partition coefficient (Wildman–Crippen LogP) is 4.12. The van der Waals surface area contributed by atoms with Crippen molar-refractivity contribution in [2.45, 2.75) is 19.3 Å². The molecule has 0 amide bonds. The minimum absolute atomic E-state index is 0.647. The highest BCUT2D eigenvalue weighted by Gasteiger charge is 2.33. The van der Waals surface area contributed by atoms with Gasteiger partial charge in [-0.1, -0.05) is 36.2 Å². The van der Waals surface area contributed by atoms with Crippen LogP contribution in [0.25, 0.3) is 0 Å². The summed E-state index contributed by atoms with van der Waals surface area (Å²) in [4.78, 5) is 0. The molecule has 2 rings (SSSR count). The molecule has 0 nitrogen and oxygen atoms in total. The van der Waals surface area contributed by atoms with E-state index in [1.807, 2.05) is 12.1 Å². The zero-order valence-corrected chi connectivity index (χ0v) is 8.36. The second kappa shape index (κ2) is 2.93. The first-order valence-electron chi connectivity index (χ1n) is 4.13. The molecule has 0 spiro atoms. The molecule has 1 aliphatic rings. The zero-order valence-electron chi connectivity index (χ0n) is 6.85. The Hall–Kier alpha value is -0.200. The van der Waals surface area contributed by atoms with Crippen molar-refractivity contribution >= 4 is 23.2 Å². The van der Waals surface area contributed by atoms with Crippen molar-refractivity contribution in [1.82, 2.24) is 0 Å². The van der Waals surface area contributed by atoms with Crippen molar-refractivity contribution in [2.24, 2.45) is 5.92 Å². The SMILES string of the molecule is C[C@@H]1C[C@H]1c1ccc(Cl)c(Cl)c1. The van der Waals surface area contributed by atoms with Crippen LogP contribution >= 0.6 is 23.2 Å². The van der Waals surface area contributed by atoms with Crippen molar-refractivity contribution in [3.05, 3.63) is 33.8 Å². The largest absolute Gasteiger partial charge is 0.0827 e. The van der Waals surface area contributed by atoms with Crippen LogP contribution in [0.15, 0.2) is 18.2 Å². The first-order valence-corrected chi connectivity index (χ1v) is 4.89. The van der Waals surface area contributed by atoms with E-state index in [4.69, 9.17) is 23.2 Å². The van der Waals surface area contributed by atoms with Gasteiger partial charge in [-0.15, -0.1) is 0 Å². The molecule has 0 heterocycles. The van der Waals surface area contributed by atoms with Gasteiger partial charge in [0.2, 0.25) is 0 Å². The molecule has 0 radical (unpaired) electrons. The molecular weight excluding hydrogens is 191 g/mol. The normalized spacial score (nSPS) is 27.2. The average Bonchev–Trinajstić information content (AvgIpc) is 2.73. The topological polar surface area (TPSA) is 0 Å². The van der Waals surface area contributed by atoms with Gasteiger partial charge in [0, 0.05) is 0 Å². The second-order valence-corrected chi connectivity index (χ2v) is 4.31. The molecule has 0 N–H and O–H groups in total. The third kappa shape index (κ3) is 1.46. The zero-order chi connectivity index (χ0) is 8.72. The number of hydrogen-bond acceptors (Lipinski definition) is 0. The van der Waals surface area contributed by atoms with Crippen molar-refractivity contribution in [1.29, 1.82) is 0 Å². The molecule has 0 aromatic heterocycles. The van der Waals surface area contributed by atoms with Crippen LogP contribution < -0.4 is 0 Å². The van der Waals surface area contributed by atoms with Gasteiger partial charge in [0.25, 0.3) is 0 Å². The minimum Gasteiger partial charge on any atom is -0.0827 e. The second-order valence-electron chi connectivity index (χ2n) is 3.49. The molecule has 64 valence electrons. The Morgan fingerprint density at radius 1 is 1.25 bits per heavy atom. The summed E-state index contributed by atoms with van der Waals surface area (Å²) >= 11 is 11.7. The molecule has 0 aliphatic heterocycles. The summed E-state index contributed by atoms with van der Waals surface area (Å²) in [7, 11) is 0. The molecule has 0 saturated heterocycles. The summed E-state index contributed by atoms with van der Waals surface area (Å²) in [6, 6.07) is 5.94. The van der Waals surface area contributed by atoms with E-state index in [-0.39, 0.29) is 0 Å². The molecule has 2 atom stereocenters. The Bertz CT molecular complexity index is 307. The maximum atomic E-state index is 5.90. The number of halogens is 2. The van der Waals surface area contributed by atoms with E-state index in [0.29, 0.717) is 10.0 Å². The van der Waals surface area contributed by atoms with Crippen molar-refractivity contribution < 1.29 is 0 Å². The lowest BCUT2D eigenvalue weighted by Gasteiger charge is -2.00. The van der Waals surface area contributed by atoms with Gasteiger partial charge in [-0.25, -0.2) is 0 Å². The standard InChI is InChI=1S/C10H10Cl2/c1-6-4-8(6)7-2-3-9(11)10(12)5-7/h2-3,5-6,8H,4H2,1H3/t6-,8-/m1/s1. The molecular formula is C10H10Cl2. The molecule has 12 heavy (non-hydrogen) atoms. The van der Waals surface area contributed by atoms with E-state index < -0.39 is 0 Å². The van der Waals surface area contributed by atoms with Crippen LogP contribution in [0.3, 0.4) is 0 Å². The van der Waals surface area contributed by atoms with Gasteiger partial charge in [-0.05, 0) is 36.0 Å². The smallest absolute Gasteiger partial charge is 0.0595 e. The highest BCUT2D eigenvalue weighted by molar-refractivity contribution is 6.42. The van der Waals surface area contributed by atoms with Gasteiger partial charge in [-0.2, -0.15) is 0 Å². The van der Waals surface area contributed by atoms with Crippen molar-refractivity contribution in [2.75, 3.05) is 0 Å². The van der Waals surface area contributed by atoms with E-state index in [0.717, 1.165) is 11.8 Å². The quantitative estimate of drug-likeness (QED) is 0.641. The van der Waals surface area contributed by atoms with E-state index >= 15 is 0 Å². The fourth-order valence-electron chi connectivity index (χ4n) is 1.53. The lowest BCUT2D eigenvalue weighted by atomic mass is 10.1. The van der Waals surface area contributed by atoms with Crippen LogP contribution in [0.4, 0.5) is 0 Å². The molecule has 0 unspecified atom stereocenters. The number of benzene rings is 1. The van der Waals surface area contributed by atoms with Crippen molar-refractivity contribution in [3.8, 4) is 0 Å². The van der Waals surface area contributed by atoms with Gasteiger partial charge in [0.15, 0.2) is 0 Å². The van der Waals surface area contributed by atoms with Gasteiger partial charge in [0.1, 0.15) is 0 Å². The van der Waals surface area contributed by atoms with Gasteiger partial charge < -0.3 is 0 Å². The lowest BCUT2D eigenvalue weighted by Crippen LogP contribution is -1.80. The maximum absolute atomic E-state index is 5.90. The highest BCUT2D eigenvalue weighted by Crippen LogP contribution is 2.47. The molecule has 1 aromatic carbocycles.